The molecule has 2 aliphatic heterocycles. The van der Waals surface area contributed by atoms with E-state index in [4.69, 9.17) is 9.73 Å². The second kappa shape index (κ2) is 4.26. The molecule has 2 heterocycles. The average Bonchev–Trinajstić information content (AvgIpc) is 2.78. The Morgan fingerprint density at radius 1 is 1.32 bits per heavy atom. The van der Waals surface area contributed by atoms with Crippen molar-refractivity contribution in [2.75, 3.05) is 13.1 Å². The van der Waals surface area contributed by atoms with E-state index in [1.54, 1.807) is 0 Å². The largest absolute Gasteiger partial charge is 0.479 e. The summed E-state index contributed by atoms with van der Waals surface area (Å²) in [4.78, 5) is 4.77. The van der Waals surface area contributed by atoms with Crippen LogP contribution < -0.4 is 10.1 Å². The van der Waals surface area contributed by atoms with Crippen molar-refractivity contribution < 1.29 is 4.74 Å². The van der Waals surface area contributed by atoms with E-state index < -0.39 is 0 Å². The highest BCUT2D eigenvalue weighted by Gasteiger charge is 2.44. The number of hydrogen-bond acceptors (Lipinski definition) is 3. The number of amidine groups is 1. The molecule has 3 heteroatoms. The number of hydrogen-bond donors (Lipinski definition) is 1. The molecule has 0 spiro atoms. The summed E-state index contributed by atoms with van der Waals surface area (Å²) in [5.74, 6) is 2.05. The number of nitrogens with one attached hydrogen (secondary N) is 1. The normalized spacial score (nSPS) is 28.1. The molecule has 0 aromatic heterocycles. The molecule has 0 fully saturated rings. The molecule has 0 bridgehead atoms. The Morgan fingerprint density at radius 3 is 2.74 bits per heavy atom. The van der Waals surface area contributed by atoms with Crippen LogP contribution in [0.25, 0.3) is 0 Å². The predicted molar refractivity (Wildman–Crippen MR) is 77.9 cm³/mol. The van der Waals surface area contributed by atoms with Crippen LogP contribution in [-0.4, -0.2) is 24.5 Å². The van der Waals surface area contributed by atoms with E-state index >= 15 is 0 Å². The molecule has 19 heavy (non-hydrogen) atoms. The smallest absolute Gasteiger partial charge is 0.169 e. The van der Waals surface area contributed by atoms with Gasteiger partial charge in [-0.2, -0.15) is 0 Å². The van der Waals surface area contributed by atoms with Gasteiger partial charge in [0, 0.05) is 24.9 Å². The zero-order valence-corrected chi connectivity index (χ0v) is 12.0. The average molecular weight is 258 g/mol. The van der Waals surface area contributed by atoms with Crippen LogP contribution in [0, 0.1) is 5.41 Å². The van der Waals surface area contributed by atoms with E-state index in [9.17, 15) is 0 Å². The molecule has 1 atom stereocenters. The summed E-state index contributed by atoms with van der Waals surface area (Å²) in [6, 6.07) is 8.32. The standard InChI is InChI=1S/C16H22N2O/c1-4-16(14-17-10-15(2,3)11-18-14)9-12-7-5-6-8-13(12)19-16/h5-8H,4,9-11H2,1-3H3,(H,17,18). The van der Waals surface area contributed by atoms with Crippen LogP contribution in [-0.2, 0) is 6.42 Å². The van der Waals surface area contributed by atoms with Crippen molar-refractivity contribution in [2.45, 2.75) is 39.2 Å². The van der Waals surface area contributed by atoms with Crippen LogP contribution in [0.5, 0.6) is 5.75 Å². The van der Waals surface area contributed by atoms with Crippen molar-refractivity contribution in [1.29, 1.82) is 0 Å². The molecule has 2 aliphatic rings. The van der Waals surface area contributed by atoms with Gasteiger partial charge in [-0.3, -0.25) is 4.99 Å². The van der Waals surface area contributed by atoms with Crippen molar-refractivity contribution in [3.05, 3.63) is 29.8 Å². The summed E-state index contributed by atoms with van der Waals surface area (Å²) in [5, 5.41) is 3.50. The molecule has 3 nitrogen and oxygen atoms in total. The van der Waals surface area contributed by atoms with Gasteiger partial charge in [0.25, 0.3) is 0 Å². The molecule has 1 N–H and O–H groups in total. The summed E-state index contributed by atoms with van der Waals surface area (Å²) in [6.07, 6.45) is 1.86. The number of benzene rings is 1. The summed E-state index contributed by atoms with van der Waals surface area (Å²) >= 11 is 0. The molecule has 0 saturated carbocycles. The van der Waals surface area contributed by atoms with Crippen molar-refractivity contribution in [2.24, 2.45) is 10.4 Å². The minimum atomic E-state index is -0.278. The van der Waals surface area contributed by atoms with Crippen molar-refractivity contribution in [3.8, 4) is 5.75 Å². The van der Waals surface area contributed by atoms with E-state index in [0.29, 0.717) is 0 Å². The predicted octanol–water partition coefficient (Wildman–Crippen LogP) is 2.80. The summed E-state index contributed by atoms with van der Waals surface area (Å²) in [7, 11) is 0. The molecule has 3 rings (SSSR count). The first-order valence-electron chi connectivity index (χ1n) is 7.10. The fraction of sp³-hybridized carbons (Fsp3) is 0.562. The minimum Gasteiger partial charge on any atom is -0.479 e. The number of ether oxygens (including phenoxy) is 1. The van der Waals surface area contributed by atoms with Crippen molar-refractivity contribution >= 4 is 5.84 Å². The highest BCUT2D eigenvalue weighted by atomic mass is 16.5. The van der Waals surface area contributed by atoms with E-state index in [0.717, 1.165) is 37.5 Å². The monoisotopic (exact) mass is 258 g/mol. The fourth-order valence-corrected chi connectivity index (χ4v) is 2.83. The number of nitrogens with zero attached hydrogens (tertiary/aromatic N) is 1. The molecule has 0 aliphatic carbocycles. The Labute approximate surface area is 115 Å². The van der Waals surface area contributed by atoms with Crippen LogP contribution in [0.3, 0.4) is 0 Å². The Kier molecular flexibility index (Phi) is 2.80. The Balaban J connectivity index is 1.89. The third kappa shape index (κ3) is 2.11. The quantitative estimate of drug-likeness (QED) is 0.885. The van der Waals surface area contributed by atoms with E-state index in [1.807, 2.05) is 6.07 Å². The number of rotatable bonds is 2. The van der Waals surface area contributed by atoms with Gasteiger partial charge in [0.15, 0.2) is 5.60 Å². The first-order valence-corrected chi connectivity index (χ1v) is 7.10. The zero-order valence-electron chi connectivity index (χ0n) is 12.0. The molecular weight excluding hydrogens is 236 g/mol. The van der Waals surface area contributed by atoms with E-state index in [-0.39, 0.29) is 11.0 Å². The zero-order chi connectivity index (χ0) is 13.5. The van der Waals surface area contributed by atoms with Gasteiger partial charge in [0.2, 0.25) is 0 Å². The molecular formula is C16H22N2O. The maximum Gasteiger partial charge on any atom is 0.169 e. The Morgan fingerprint density at radius 2 is 2.11 bits per heavy atom. The Bertz CT molecular complexity index is 494. The summed E-state index contributed by atoms with van der Waals surface area (Å²) in [6.45, 7) is 8.49. The van der Waals surface area contributed by atoms with Gasteiger partial charge in [-0.15, -0.1) is 0 Å². The Hall–Kier alpha value is -1.51. The van der Waals surface area contributed by atoms with Gasteiger partial charge in [-0.05, 0) is 18.1 Å². The lowest BCUT2D eigenvalue weighted by Gasteiger charge is -2.36. The van der Waals surface area contributed by atoms with Crippen LogP contribution in [0.15, 0.2) is 29.3 Å². The van der Waals surface area contributed by atoms with Gasteiger partial charge >= 0.3 is 0 Å². The van der Waals surface area contributed by atoms with Gasteiger partial charge in [-0.1, -0.05) is 39.0 Å². The first-order chi connectivity index (χ1) is 9.05. The van der Waals surface area contributed by atoms with Crippen LogP contribution in [0.4, 0.5) is 0 Å². The number of para-hydroxylation sites is 1. The molecule has 0 radical (unpaired) electrons. The third-order valence-electron chi connectivity index (χ3n) is 4.16. The second-order valence-electron chi connectivity index (χ2n) is 6.42. The van der Waals surface area contributed by atoms with Crippen molar-refractivity contribution in [1.82, 2.24) is 5.32 Å². The van der Waals surface area contributed by atoms with Gasteiger partial charge in [-0.25, -0.2) is 0 Å². The highest BCUT2D eigenvalue weighted by Crippen LogP contribution is 2.38. The van der Waals surface area contributed by atoms with Crippen LogP contribution in [0.1, 0.15) is 32.8 Å². The lowest BCUT2D eigenvalue weighted by atomic mass is 9.88. The number of fused-ring (bicyclic) bond motifs is 1. The first kappa shape index (κ1) is 12.5. The maximum absolute atomic E-state index is 6.26. The van der Waals surface area contributed by atoms with E-state index in [1.165, 1.54) is 5.56 Å². The molecule has 0 saturated heterocycles. The van der Waals surface area contributed by atoms with Crippen LogP contribution in [0.2, 0.25) is 0 Å². The molecule has 1 unspecified atom stereocenters. The van der Waals surface area contributed by atoms with Gasteiger partial charge in [0.1, 0.15) is 11.6 Å². The van der Waals surface area contributed by atoms with Crippen molar-refractivity contribution in [3.63, 3.8) is 0 Å². The summed E-state index contributed by atoms with van der Waals surface area (Å²) < 4.78 is 6.26. The third-order valence-corrected chi connectivity index (χ3v) is 4.16. The number of aliphatic imine (C=N–C) groups is 1. The van der Waals surface area contributed by atoms with E-state index in [2.05, 4.69) is 44.3 Å². The van der Waals surface area contributed by atoms with Crippen LogP contribution >= 0.6 is 0 Å². The fourth-order valence-electron chi connectivity index (χ4n) is 2.83. The molecule has 1 aromatic carbocycles. The summed E-state index contributed by atoms with van der Waals surface area (Å²) in [5.41, 5.74) is 1.25. The molecule has 1 aromatic rings. The lowest BCUT2D eigenvalue weighted by Crippen LogP contribution is -2.55. The topological polar surface area (TPSA) is 33.6 Å². The lowest BCUT2D eigenvalue weighted by molar-refractivity contribution is 0.155. The van der Waals surface area contributed by atoms with Gasteiger partial charge < -0.3 is 10.1 Å². The molecule has 102 valence electrons. The highest BCUT2D eigenvalue weighted by molar-refractivity contribution is 5.92. The minimum absolute atomic E-state index is 0.240. The maximum atomic E-state index is 6.26. The molecule has 0 amide bonds. The van der Waals surface area contributed by atoms with Gasteiger partial charge in [0.05, 0.1) is 0 Å². The second-order valence-corrected chi connectivity index (χ2v) is 6.42. The SMILES string of the molecule is CCC1(C2=NCC(C)(C)CN2)Cc2ccccc2O1.